The molecule has 2 amide bonds. The van der Waals surface area contributed by atoms with Crippen LogP contribution in [0.2, 0.25) is 0 Å². The largest absolute Gasteiger partial charge is 0.379 e. The molecule has 4 heteroatoms. The molecule has 1 aliphatic rings. The Bertz CT molecular complexity index is 243. The van der Waals surface area contributed by atoms with E-state index in [4.69, 9.17) is 11.2 Å². The van der Waals surface area contributed by atoms with Gasteiger partial charge in [-0.25, -0.2) is 4.79 Å². The molecule has 84 valence electrons. The Balaban J connectivity index is 1.98. The molecule has 0 aliphatic heterocycles. The smallest absolute Gasteiger partial charge is 0.317 e. The number of hydrogen-bond acceptors (Lipinski definition) is 2. The van der Waals surface area contributed by atoms with Crippen molar-refractivity contribution < 1.29 is 9.53 Å². The maximum atomic E-state index is 11.3. The molecule has 1 fully saturated rings. The third-order valence-electron chi connectivity index (χ3n) is 2.31. The summed E-state index contributed by atoms with van der Waals surface area (Å²) in [5, 5.41) is 2.59. The van der Waals surface area contributed by atoms with Crippen LogP contribution in [0, 0.1) is 18.3 Å². The maximum absolute atomic E-state index is 11.3. The summed E-state index contributed by atoms with van der Waals surface area (Å²) in [6.45, 7) is 2.30. The molecule has 0 unspecified atom stereocenters. The summed E-state index contributed by atoms with van der Waals surface area (Å²) in [5.41, 5.74) is 0. The van der Waals surface area contributed by atoms with Gasteiger partial charge >= 0.3 is 6.03 Å². The third kappa shape index (κ3) is 5.28. The minimum absolute atomic E-state index is 0.150. The Kier molecular flexibility index (Phi) is 4.99. The summed E-state index contributed by atoms with van der Waals surface area (Å²) in [6, 6.07) is -0.150. The van der Waals surface area contributed by atoms with Gasteiger partial charge in [-0.05, 0) is 18.8 Å². The summed E-state index contributed by atoms with van der Waals surface area (Å²) in [7, 11) is 1.73. The van der Waals surface area contributed by atoms with E-state index in [0.717, 1.165) is 12.5 Å². The van der Waals surface area contributed by atoms with Crippen molar-refractivity contribution in [3.8, 4) is 12.3 Å². The Morgan fingerprint density at radius 3 is 3.00 bits per heavy atom. The lowest BCUT2D eigenvalue weighted by Crippen LogP contribution is -2.39. The topological polar surface area (TPSA) is 41.6 Å². The molecule has 0 aromatic heterocycles. The zero-order valence-corrected chi connectivity index (χ0v) is 9.16. The molecule has 0 atom stereocenters. The molecule has 0 spiro atoms. The highest BCUT2D eigenvalue weighted by molar-refractivity contribution is 5.74. The Labute approximate surface area is 91.0 Å². The highest BCUT2D eigenvalue weighted by Crippen LogP contribution is 2.28. The summed E-state index contributed by atoms with van der Waals surface area (Å²) in [5.74, 6) is 3.12. The van der Waals surface area contributed by atoms with Gasteiger partial charge in [0.1, 0.15) is 0 Å². The second-order valence-electron chi connectivity index (χ2n) is 3.80. The molecule has 1 aliphatic carbocycles. The van der Waals surface area contributed by atoms with Crippen LogP contribution in [0.1, 0.15) is 12.8 Å². The van der Waals surface area contributed by atoms with Gasteiger partial charge in [0.2, 0.25) is 0 Å². The van der Waals surface area contributed by atoms with Crippen LogP contribution in [-0.4, -0.2) is 44.3 Å². The van der Waals surface area contributed by atoms with Gasteiger partial charge in [0.05, 0.1) is 13.2 Å². The standard InChI is InChI=1S/C11H18N2O2/c1-3-6-12-11(14)13(2)7-8-15-9-10-4-5-10/h1,10H,4-9H2,2H3,(H,12,14). The van der Waals surface area contributed by atoms with Crippen molar-refractivity contribution in [1.29, 1.82) is 0 Å². The predicted molar refractivity (Wildman–Crippen MR) is 58.4 cm³/mol. The van der Waals surface area contributed by atoms with Crippen molar-refractivity contribution in [2.45, 2.75) is 12.8 Å². The number of rotatable bonds is 6. The molecule has 4 nitrogen and oxygen atoms in total. The Hall–Kier alpha value is -1.21. The van der Waals surface area contributed by atoms with E-state index >= 15 is 0 Å². The number of carbonyl (C=O) groups excluding carboxylic acids is 1. The number of amides is 2. The molecule has 0 aromatic carbocycles. The third-order valence-corrected chi connectivity index (χ3v) is 2.31. The minimum atomic E-state index is -0.150. The first-order chi connectivity index (χ1) is 7.24. The van der Waals surface area contributed by atoms with E-state index in [0.29, 0.717) is 13.2 Å². The molecular formula is C11H18N2O2. The highest BCUT2D eigenvalue weighted by atomic mass is 16.5. The lowest BCUT2D eigenvalue weighted by molar-refractivity contribution is 0.108. The summed E-state index contributed by atoms with van der Waals surface area (Å²) < 4.78 is 5.42. The number of nitrogens with one attached hydrogen (secondary N) is 1. The molecule has 0 aromatic rings. The number of carbonyl (C=O) groups is 1. The fourth-order valence-electron chi connectivity index (χ4n) is 1.10. The summed E-state index contributed by atoms with van der Waals surface area (Å²) >= 11 is 0. The lowest BCUT2D eigenvalue weighted by Gasteiger charge is -2.16. The molecular weight excluding hydrogens is 192 g/mol. The van der Waals surface area contributed by atoms with Gasteiger partial charge in [-0.3, -0.25) is 0 Å². The molecule has 1 rings (SSSR count). The van der Waals surface area contributed by atoms with Crippen LogP contribution in [-0.2, 0) is 4.74 Å². The van der Waals surface area contributed by atoms with Gasteiger partial charge < -0.3 is 15.0 Å². The second kappa shape index (κ2) is 6.31. The molecule has 0 bridgehead atoms. The number of hydrogen-bond donors (Lipinski definition) is 1. The van der Waals surface area contributed by atoms with Crippen molar-refractivity contribution in [3.05, 3.63) is 0 Å². The first-order valence-corrected chi connectivity index (χ1v) is 5.24. The van der Waals surface area contributed by atoms with Crippen LogP contribution in [0.3, 0.4) is 0 Å². The highest BCUT2D eigenvalue weighted by Gasteiger charge is 2.21. The van der Waals surface area contributed by atoms with E-state index in [1.807, 2.05) is 0 Å². The molecule has 0 heterocycles. The SMILES string of the molecule is C#CCNC(=O)N(C)CCOCC1CC1. The van der Waals surface area contributed by atoms with Gasteiger partial charge in [-0.15, -0.1) is 6.42 Å². The normalized spacial score (nSPS) is 14.4. The number of ether oxygens (including phenoxy) is 1. The first kappa shape index (κ1) is 11.9. The average Bonchev–Trinajstić information content (AvgIpc) is 3.04. The fourth-order valence-corrected chi connectivity index (χ4v) is 1.10. The van der Waals surface area contributed by atoms with Crippen molar-refractivity contribution >= 4 is 6.03 Å². The monoisotopic (exact) mass is 210 g/mol. The van der Waals surface area contributed by atoms with Crippen molar-refractivity contribution in [2.75, 3.05) is 33.4 Å². The fraction of sp³-hybridized carbons (Fsp3) is 0.727. The first-order valence-electron chi connectivity index (χ1n) is 5.24. The zero-order chi connectivity index (χ0) is 11.1. The number of likely N-dealkylation sites (N-methyl/N-ethyl adjacent to an activating group) is 1. The molecule has 1 saturated carbocycles. The lowest BCUT2D eigenvalue weighted by atomic mass is 10.5. The molecule has 0 saturated heterocycles. The van der Waals surface area contributed by atoms with Gasteiger partial charge in [0.15, 0.2) is 0 Å². The maximum Gasteiger partial charge on any atom is 0.317 e. The summed E-state index contributed by atoms with van der Waals surface area (Å²) in [6.07, 6.45) is 7.61. The second-order valence-corrected chi connectivity index (χ2v) is 3.80. The number of terminal acetylenes is 1. The van der Waals surface area contributed by atoms with Crippen molar-refractivity contribution in [3.63, 3.8) is 0 Å². The van der Waals surface area contributed by atoms with Crippen LogP contribution in [0.4, 0.5) is 4.79 Å². The van der Waals surface area contributed by atoms with Crippen LogP contribution >= 0.6 is 0 Å². The van der Waals surface area contributed by atoms with Gasteiger partial charge in [-0.2, -0.15) is 0 Å². The van der Waals surface area contributed by atoms with Gasteiger partial charge in [-0.1, -0.05) is 5.92 Å². The van der Waals surface area contributed by atoms with Gasteiger partial charge in [0, 0.05) is 20.2 Å². The Morgan fingerprint density at radius 1 is 1.67 bits per heavy atom. The van der Waals surface area contributed by atoms with Crippen molar-refractivity contribution in [2.24, 2.45) is 5.92 Å². The van der Waals surface area contributed by atoms with Crippen LogP contribution in [0.25, 0.3) is 0 Å². The van der Waals surface area contributed by atoms with E-state index in [1.165, 1.54) is 12.8 Å². The molecule has 15 heavy (non-hydrogen) atoms. The Morgan fingerprint density at radius 2 is 2.40 bits per heavy atom. The van der Waals surface area contributed by atoms with Crippen molar-refractivity contribution in [1.82, 2.24) is 10.2 Å². The molecule has 1 N–H and O–H groups in total. The van der Waals surface area contributed by atoms with E-state index in [2.05, 4.69) is 11.2 Å². The van der Waals surface area contributed by atoms with E-state index in [9.17, 15) is 4.79 Å². The minimum Gasteiger partial charge on any atom is -0.379 e. The molecule has 0 radical (unpaired) electrons. The van der Waals surface area contributed by atoms with Gasteiger partial charge in [0.25, 0.3) is 0 Å². The van der Waals surface area contributed by atoms with Crippen LogP contribution in [0.15, 0.2) is 0 Å². The van der Waals surface area contributed by atoms with Crippen LogP contribution < -0.4 is 5.32 Å². The zero-order valence-electron chi connectivity index (χ0n) is 9.16. The van der Waals surface area contributed by atoms with E-state index in [1.54, 1.807) is 11.9 Å². The number of urea groups is 1. The summed E-state index contributed by atoms with van der Waals surface area (Å²) in [4.78, 5) is 12.9. The van der Waals surface area contributed by atoms with E-state index < -0.39 is 0 Å². The van der Waals surface area contributed by atoms with E-state index in [-0.39, 0.29) is 12.6 Å². The predicted octanol–water partition coefficient (Wildman–Crippen LogP) is 0.688. The number of nitrogens with zero attached hydrogens (tertiary/aromatic N) is 1. The average molecular weight is 210 g/mol. The quantitative estimate of drug-likeness (QED) is 0.517. The van der Waals surface area contributed by atoms with Crippen LogP contribution in [0.5, 0.6) is 0 Å².